The number of hydrogen-bond acceptors (Lipinski definition) is 1. The first-order chi connectivity index (χ1) is 6.58. The molecule has 1 rings (SSSR count). The Hall–Kier alpha value is -0.450. The third kappa shape index (κ3) is 2.38. The lowest BCUT2D eigenvalue weighted by Gasteiger charge is -2.13. The van der Waals surface area contributed by atoms with Crippen molar-refractivity contribution in [2.24, 2.45) is 17.3 Å². The quantitative estimate of drug-likeness (QED) is 0.775. The Labute approximate surface area is 90.4 Å². The van der Waals surface area contributed by atoms with Crippen molar-refractivity contribution >= 4 is 17.6 Å². The first-order valence-electron chi connectivity index (χ1n) is 4.52. The van der Waals surface area contributed by atoms with Crippen LogP contribution in [-0.4, -0.2) is 22.6 Å². The van der Waals surface area contributed by atoms with E-state index in [0.717, 1.165) is 0 Å². The highest BCUT2D eigenvalue weighted by Gasteiger charge is 2.63. The molecule has 0 amide bonds. The summed E-state index contributed by atoms with van der Waals surface area (Å²) in [6, 6.07) is 0. The van der Waals surface area contributed by atoms with Crippen LogP contribution in [-0.2, 0) is 4.79 Å². The van der Waals surface area contributed by atoms with Crippen LogP contribution in [0.3, 0.4) is 0 Å². The Bertz CT molecular complexity index is 275. The van der Waals surface area contributed by atoms with E-state index in [1.54, 1.807) is 13.8 Å². The van der Waals surface area contributed by atoms with E-state index in [2.05, 4.69) is 0 Å². The summed E-state index contributed by atoms with van der Waals surface area (Å²) in [5, 5.41) is 6.80. The van der Waals surface area contributed by atoms with Gasteiger partial charge in [0.15, 0.2) is 0 Å². The smallest absolute Gasteiger partial charge is 0.404 e. The van der Waals surface area contributed by atoms with E-state index in [-0.39, 0.29) is 6.42 Å². The molecule has 0 aromatic rings. The summed E-state index contributed by atoms with van der Waals surface area (Å²) >= 11 is 5.17. The highest BCUT2D eigenvalue weighted by atomic mass is 35.5. The predicted molar refractivity (Wildman–Crippen MR) is 48.7 cm³/mol. The monoisotopic (exact) mass is 244 g/mol. The summed E-state index contributed by atoms with van der Waals surface area (Å²) in [7, 11) is 0. The lowest BCUT2D eigenvalue weighted by atomic mass is 10.1. The molecule has 3 atom stereocenters. The van der Waals surface area contributed by atoms with E-state index in [0.29, 0.717) is 0 Å². The molecule has 0 spiro atoms. The molecule has 1 saturated carbocycles. The Morgan fingerprint density at radius 2 is 2.00 bits per heavy atom. The molecule has 1 N–H and O–H groups in total. The summed E-state index contributed by atoms with van der Waals surface area (Å²) < 4.78 is 36.4. The molecule has 1 fully saturated rings. The predicted octanol–water partition coefficient (Wildman–Crippen LogP) is 2.90. The fourth-order valence-electron chi connectivity index (χ4n) is 2.03. The van der Waals surface area contributed by atoms with Crippen LogP contribution < -0.4 is 0 Å². The van der Waals surface area contributed by atoms with E-state index in [4.69, 9.17) is 16.7 Å². The molecule has 0 aromatic heterocycles. The summed E-state index contributed by atoms with van der Waals surface area (Å²) in [4.78, 5) is 10.7. The van der Waals surface area contributed by atoms with Gasteiger partial charge in [0.25, 0.3) is 0 Å². The highest BCUT2D eigenvalue weighted by molar-refractivity contribution is 6.21. The first-order valence-corrected chi connectivity index (χ1v) is 4.95. The van der Waals surface area contributed by atoms with Crippen molar-refractivity contribution in [3.05, 3.63) is 0 Å². The molecular weight excluding hydrogens is 233 g/mol. The number of aliphatic carboxylic acids is 1. The number of rotatable bonds is 3. The van der Waals surface area contributed by atoms with E-state index in [9.17, 15) is 18.0 Å². The Balaban J connectivity index is 2.59. The molecule has 1 aliphatic carbocycles. The molecule has 15 heavy (non-hydrogen) atoms. The van der Waals surface area contributed by atoms with Crippen molar-refractivity contribution in [1.29, 1.82) is 0 Å². The molecule has 0 bridgehead atoms. The topological polar surface area (TPSA) is 37.3 Å². The van der Waals surface area contributed by atoms with Crippen molar-refractivity contribution in [2.75, 3.05) is 0 Å². The third-order valence-corrected chi connectivity index (χ3v) is 3.56. The van der Waals surface area contributed by atoms with Gasteiger partial charge in [0.1, 0.15) is 5.38 Å². The molecule has 0 radical (unpaired) electrons. The van der Waals surface area contributed by atoms with Crippen molar-refractivity contribution in [2.45, 2.75) is 31.8 Å². The van der Waals surface area contributed by atoms with E-state index >= 15 is 0 Å². The largest absolute Gasteiger partial charge is 0.481 e. The minimum atomic E-state index is -4.46. The molecule has 6 heteroatoms. The van der Waals surface area contributed by atoms with Crippen LogP contribution in [0.1, 0.15) is 20.3 Å². The van der Waals surface area contributed by atoms with Crippen molar-refractivity contribution in [3.63, 3.8) is 0 Å². The van der Waals surface area contributed by atoms with Gasteiger partial charge in [-0.15, -0.1) is 11.6 Å². The standard InChI is InChI=1S/C9H12ClF3O2/c1-8(2)4(6(8)7(14)15)3-5(10)9(11,12)13/h4-6H,3H2,1-2H3,(H,14,15)/t4-,5?,6-/m0/s1. The van der Waals surface area contributed by atoms with Gasteiger partial charge in [0, 0.05) is 0 Å². The van der Waals surface area contributed by atoms with Crippen molar-refractivity contribution in [3.8, 4) is 0 Å². The van der Waals surface area contributed by atoms with Gasteiger partial charge in [-0.25, -0.2) is 0 Å². The minimum Gasteiger partial charge on any atom is -0.481 e. The zero-order chi connectivity index (χ0) is 12.0. The lowest BCUT2D eigenvalue weighted by molar-refractivity contribution is -0.141. The first kappa shape index (κ1) is 12.6. The zero-order valence-corrected chi connectivity index (χ0v) is 9.06. The average molecular weight is 245 g/mol. The second-order valence-corrected chi connectivity index (χ2v) is 5.02. The fraction of sp³-hybridized carbons (Fsp3) is 0.889. The molecular formula is C9H12ClF3O2. The molecule has 0 saturated heterocycles. The van der Waals surface area contributed by atoms with E-state index < -0.39 is 34.8 Å². The van der Waals surface area contributed by atoms with E-state index in [1.807, 2.05) is 0 Å². The van der Waals surface area contributed by atoms with Gasteiger partial charge in [0.2, 0.25) is 0 Å². The molecule has 88 valence electrons. The summed E-state index contributed by atoms with van der Waals surface area (Å²) in [6.45, 7) is 3.30. The maximum Gasteiger partial charge on any atom is 0.404 e. The Kier molecular flexibility index (Phi) is 2.98. The van der Waals surface area contributed by atoms with Gasteiger partial charge < -0.3 is 5.11 Å². The molecule has 1 unspecified atom stereocenters. The molecule has 0 aliphatic heterocycles. The summed E-state index contributed by atoms with van der Waals surface area (Å²) in [6.07, 6.45) is -4.78. The average Bonchev–Trinajstić information content (AvgIpc) is 2.50. The summed E-state index contributed by atoms with van der Waals surface area (Å²) in [5.74, 6) is -2.24. The second kappa shape index (κ2) is 3.54. The van der Waals surface area contributed by atoms with Gasteiger partial charge in [0.05, 0.1) is 5.92 Å². The molecule has 1 aliphatic rings. The minimum absolute atomic E-state index is 0.324. The fourth-order valence-corrected chi connectivity index (χ4v) is 2.22. The van der Waals surface area contributed by atoms with Crippen molar-refractivity contribution < 1.29 is 23.1 Å². The number of carbonyl (C=O) groups is 1. The number of hydrogen-bond donors (Lipinski definition) is 1. The molecule has 2 nitrogen and oxygen atoms in total. The zero-order valence-electron chi connectivity index (χ0n) is 8.31. The molecule has 0 aromatic carbocycles. The normalized spacial score (nSPS) is 31.1. The van der Waals surface area contributed by atoms with Crippen LogP contribution in [0, 0.1) is 17.3 Å². The number of carboxylic acids is 1. The Morgan fingerprint density at radius 3 is 2.27 bits per heavy atom. The molecule has 0 heterocycles. The van der Waals surface area contributed by atoms with Crippen LogP contribution in [0.2, 0.25) is 0 Å². The number of alkyl halides is 4. The van der Waals surface area contributed by atoms with Crippen LogP contribution in [0.4, 0.5) is 13.2 Å². The SMILES string of the molecule is CC1(C)[C@H](C(=O)O)[C@@H]1CC(Cl)C(F)(F)F. The van der Waals surface area contributed by atoms with Crippen LogP contribution >= 0.6 is 11.6 Å². The van der Waals surface area contributed by atoms with Gasteiger partial charge >= 0.3 is 12.1 Å². The van der Waals surface area contributed by atoms with Crippen LogP contribution in [0.25, 0.3) is 0 Å². The second-order valence-electron chi connectivity index (χ2n) is 4.49. The Morgan fingerprint density at radius 1 is 1.53 bits per heavy atom. The van der Waals surface area contributed by atoms with Crippen molar-refractivity contribution in [1.82, 2.24) is 0 Å². The van der Waals surface area contributed by atoms with Gasteiger partial charge in [-0.2, -0.15) is 13.2 Å². The third-order valence-electron chi connectivity index (χ3n) is 3.13. The van der Waals surface area contributed by atoms with Gasteiger partial charge in [-0.05, 0) is 17.8 Å². The number of halogens is 4. The van der Waals surface area contributed by atoms with Gasteiger partial charge in [-0.1, -0.05) is 13.8 Å². The lowest BCUT2D eigenvalue weighted by Crippen LogP contribution is -2.24. The van der Waals surface area contributed by atoms with E-state index in [1.165, 1.54) is 0 Å². The van der Waals surface area contributed by atoms with Crippen LogP contribution in [0.15, 0.2) is 0 Å². The summed E-state index contributed by atoms with van der Waals surface area (Å²) in [5.41, 5.74) is -0.579. The highest BCUT2D eigenvalue weighted by Crippen LogP contribution is 2.61. The van der Waals surface area contributed by atoms with Crippen LogP contribution in [0.5, 0.6) is 0 Å². The maximum absolute atomic E-state index is 12.1. The van der Waals surface area contributed by atoms with Gasteiger partial charge in [-0.3, -0.25) is 4.79 Å². The maximum atomic E-state index is 12.1. The number of carboxylic acid groups (broad SMARTS) is 1.